The van der Waals surface area contributed by atoms with E-state index in [0.717, 1.165) is 45.0 Å². The van der Waals surface area contributed by atoms with Gasteiger partial charge in [0.25, 0.3) is 0 Å². The summed E-state index contributed by atoms with van der Waals surface area (Å²) in [6.45, 7) is 4.22. The van der Waals surface area contributed by atoms with Crippen molar-refractivity contribution in [1.29, 1.82) is 0 Å². The van der Waals surface area contributed by atoms with Crippen molar-refractivity contribution in [3.8, 4) is 0 Å². The van der Waals surface area contributed by atoms with Crippen LogP contribution in [0.1, 0.15) is 19.3 Å². The molecule has 122 valence electrons. The number of ether oxygens (including phenoxy) is 1. The summed E-state index contributed by atoms with van der Waals surface area (Å²) in [6, 6.07) is 0.685. The predicted octanol–water partition coefficient (Wildman–Crippen LogP) is 0.565. The Morgan fingerprint density at radius 2 is 2.24 bits per heavy atom. The molecule has 0 radical (unpaired) electrons. The maximum absolute atomic E-state index is 12.0. The average molecular weight is 335 g/mol. The highest BCUT2D eigenvalue weighted by Crippen LogP contribution is 2.33. The Kier molecular flexibility index (Phi) is 4.86. The molecule has 0 aromatic heterocycles. The normalized spacial score (nSPS) is 35.2. The van der Waals surface area contributed by atoms with Crippen molar-refractivity contribution in [3.63, 3.8) is 0 Å². The molecule has 2 heterocycles. The zero-order valence-corrected chi connectivity index (χ0v) is 14.3. The van der Waals surface area contributed by atoms with E-state index in [4.69, 9.17) is 4.74 Å². The highest BCUT2D eigenvalue weighted by Gasteiger charge is 2.41. The molecule has 1 saturated carbocycles. The first-order valence-corrected chi connectivity index (χ1v) is 10.9. The van der Waals surface area contributed by atoms with Gasteiger partial charge in [-0.05, 0) is 19.3 Å². The minimum Gasteiger partial charge on any atom is -0.381 e. The molecule has 0 aromatic rings. The number of thioether (sulfide) groups is 1. The largest absolute Gasteiger partial charge is 0.381 e. The van der Waals surface area contributed by atoms with Crippen LogP contribution in [0.4, 0.5) is 0 Å². The number of rotatable bonds is 6. The van der Waals surface area contributed by atoms with Crippen LogP contribution in [-0.2, 0) is 14.6 Å². The molecule has 0 amide bonds. The number of hydrogen-bond acceptors (Lipinski definition) is 6. The molecule has 5 nitrogen and oxygen atoms in total. The zero-order valence-electron chi connectivity index (χ0n) is 12.7. The van der Waals surface area contributed by atoms with Gasteiger partial charge >= 0.3 is 0 Å². The lowest BCUT2D eigenvalue weighted by Gasteiger charge is -2.40. The Morgan fingerprint density at radius 3 is 2.86 bits per heavy atom. The average Bonchev–Trinajstić information content (AvgIpc) is 3.16. The van der Waals surface area contributed by atoms with Gasteiger partial charge in [-0.1, -0.05) is 0 Å². The fourth-order valence-electron chi connectivity index (χ4n) is 3.24. The molecule has 3 fully saturated rings. The standard InChI is InChI=1S/C14H26N2O3S2/c1-21(17,18)13-8-20-7-5-16(13)10-14(4-6-19-11-14)9-15-12-2-3-12/h12-13,15H,2-11H2,1H3. The van der Waals surface area contributed by atoms with Gasteiger partial charge in [-0.2, -0.15) is 11.8 Å². The van der Waals surface area contributed by atoms with E-state index in [9.17, 15) is 8.42 Å². The Balaban J connectivity index is 1.67. The van der Waals surface area contributed by atoms with Gasteiger partial charge < -0.3 is 10.1 Å². The van der Waals surface area contributed by atoms with Crippen LogP contribution in [0.5, 0.6) is 0 Å². The molecular formula is C14H26N2O3S2. The third-order valence-electron chi connectivity index (χ3n) is 4.75. The van der Waals surface area contributed by atoms with Crippen molar-refractivity contribution in [2.45, 2.75) is 30.7 Å². The van der Waals surface area contributed by atoms with Crippen LogP contribution in [0, 0.1) is 5.41 Å². The van der Waals surface area contributed by atoms with Crippen LogP contribution in [0.3, 0.4) is 0 Å². The predicted molar refractivity (Wildman–Crippen MR) is 86.4 cm³/mol. The van der Waals surface area contributed by atoms with E-state index in [1.165, 1.54) is 19.1 Å². The molecule has 7 heteroatoms. The fourth-order valence-corrected chi connectivity index (χ4v) is 6.18. The molecule has 3 aliphatic rings. The lowest BCUT2D eigenvalue weighted by atomic mass is 9.86. The highest BCUT2D eigenvalue weighted by molar-refractivity contribution is 8.00. The monoisotopic (exact) mass is 334 g/mol. The molecule has 1 aliphatic carbocycles. The van der Waals surface area contributed by atoms with Gasteiger partial charge in [-0.25, -0.2) is 8.42 Å². The van der Waals surface area contributed by atoms with Gasteiger partial charge in [0.2, 0.25) is 0 Å². The SMILES string of the molecule is CS(=O)(=O)C1CSCCN1CC1(CNC2CC2)CCOC1. The van der Waals surface area contributed by atoms with Crippen LogP contribution in [0.25, 0.3) is 0 Å². The van der Waals surface area contributed by atoms with Gasteiger partial charge in [-0.3, -0.25) is 4.90 Å². The summed E-state index contributed by atoms with van der Waals surface area (Å²) in [5.41, 5.74) is 0.0908. The maximum Gasteiger partial charge on any atom is 0.164 e. The summed E-state index contributed by atoms with van der Waals surface area (Å²) >= 11 is 1.75. The number of nitrogens with zero attached hydrogens (tertiary/aromatic N) is 1. The molecule has 0 bridgehead atoms. The van der Waals surface area contributed by atoms with Crippen molar-refractivity contribution in [1.82, 2.24) is 10.2 Å². The van der Waals surface area contributed by atoms with E-state index in [1.807, 2.05) is 0 Å². The molecule has 21 heavy (non-hydrogen) atoms. The quantitative estimate of drug-likeness (QED) is 0.766. The van der Waals surface area contributed by atoms with Gasteiger partial charge in [0.1, 0.15) is 5.37 Å². The van der Waals surface area contributed by atoms with Crippen LogP contribution >= 0.6 is 11.8 Å². The van der Waals surface area contributed by atoms with Crippen molar-refractivity contribution in [2.24, 2.45) is 5.41 Å². The molecule has 2 aliphatic heterocycles. The third-order valence-corrected chi connectivity index (χ3v) is 7.44. The molecule has 2 unspecified atom stereocenters. The Hall–Kier alpha value is 0.180. The van der Waals surface area contributed by atoms with Crippen molar-refractivity contribution < 1.29 is 13.2 Å². The summed E-state index contributed by atoms with van der Waals surface area (Å²) in [5, 5.41) is 3.30. The molecular weight excluding hydrogens is 308 g/mol. The lowest BCUT2D eigenvalue weighted by molar-refractivity contribution is 0.106. The van der Waals surface area contributed by atoms with E-state index < -0.39 is 9.84 Å². The smallest absolute Gasteiger partial charge is 0.164 e. The fraction of sp³-hybridized carbons (Fsp3) is 1.00. The molecule has 3 rings (SSSR count). The minimum atomic E-state index is -3.02. The first kappa shape index (κ1) is 16.1. The molecule has 2 saturated heterocycles. The van der Waals surface area contributed by atoms with E-state index in [1.54, 1.807) is 11.8 Å². The molecule has 0 spiro atoms. The Morgan fingerprint density at radius 1 is 1.43 bits per heavy atom. The van der Waals surface area contributed by atoms with E-state index >= 15 is 0 Å². The summed E-state index contributed by atoms with van der Waals surface area (Å²) in [6.07, 6.45) is 4.97. The van der Waals surface area contributed by atoms with Crippen molar-refractivity contribution in [2.75, 3.05) is 50.6 Å². The molecule has 1 N–H and O–H groups in total. The van der Waals surface area contributed by atoms with E-state index in [2.05, 4.69) is 10.2 Å². The number of nitrogens with one attached hydrogen (secondary N) is 1. The molecule has 2 atom stereocenters. The highest BCUT2D eigenvalue weighted by atomic mass is 32.2. The maximum atomic E-state index is 12.0. The minimum absolute atomic E-state index is 0.0908. The second-order valence-electron chi connectivity index (χ2n) is 6.79. The zero-order chi connectivity index (χ0) is 14.9. The Labute approximate surface area is 132 Å². The van der Waals surface area contributed by atoms with Crippen LogP contribution < -0.4 is 5.32 Å². The first-order chi connectivity index (χ1) is 9.99. The number of hydrogen-bond donors (Lipinski definition) is 1. The molecule has 0 aromatic carbocycles. The summed E-state index contributed by atoms with van der Waals surface area (Å²) in [5.74, 6) is 1.73. The summed E-state index contributed by atoms with van der Waals surface area (Å²) in [4.78, 5) is 2.19. The van der Waals surface area contributed by atoms with Gasteiger partial charge in [-0.15, -0.1) is 0 Å². The topological polar surface area (TPSA) is 58.6 Å². The van der Waals surface area contributed by atoms with E-state index in [-0.39, 0.29) is 10.8 Å². The van der Waals surface area contributed by atoms with Crippen LogP contribution in [0.2, 0.25) is 0 Å². The summed E-state index contributed by atoms with van der Waals surface area (Å²) in [7, 11) is -3.02. The van der Waals surface area contributed by atoms with Crippen molar-refractivity contribution >= 4 is 21.6 Å². The van der Waals surface area contributed by atoms with Crippen molar-refractivity contribution in [3.05, 3.63) is 0 Å². The third kappa shape index (κ3) is 4.13. The first-order valence-electron chi connectivity index (χ1n) is 7.80. The Bertz CT molecular complexity index is 459. The summed E-state index contributed by atoms with van der Waals surface area (Å²) < 4.78 is 29.8. The van der Waals surface area contributed by atoms with Gasteiger partial charge in [0, 0.05) is 55.5 Å². The van der Waals surface area contributed by atoms with Crippen LogP contribution in [-0.4, -0.2) is 75.3 Å². The van der Waals surface area contributed by atoms with Gasteiger partial charge in [0.05, 0.1) is 6.61 Å². The van der Waals surface area contributed by atoms with Gasteiger partial charge in [0.15, 0.2) is 9.84 Å². The van der Waals surface area contributed by atoms with E-state index in [0.29, 0.717) is 11.8 Å². The lowest BCUT2D eigenvalue weighted by Crippen LogP contribution is -2.53. The second kappa shape index (κ2) is 6.35. The number of sulfone groups is 1. The second-order valence-corrected chi connectivity index (χ2v) is 10.1. The van der Waals surface area contributed by atoms with Crippen LogP contribution in [0.15, 0.2) is 0 Å².